The van der Waals surface area contributed by atoms with Gasteiger partial charge in [-0.2, -0.15) is 0 Å². The van der Waals surface area contributed by atoms with Crippen LogP contribution in [-0.4, -0.2) is 37.8 Å². The molecule has 0 aromatic heterocycles. The van der Waals surface area contributed by atoms with Gasteiger partial charge in [0.25, 0.3) is 0 Å². The topological polar surface area (TPSA) is 72.9 Å². The maximum absolute atomic E-state index is 13.1. The first-order chi connectivity index (χ1) is 10.6. The van der Waals surface area contributed by atoms with Gasteiger partial charge in [-0.1, -0.05) is 12.1 Å². The molecule has 0 bridgehead atoms. The predicted octanol–water partition coefficient (Wildman–Crippen LogP) is 1.93. The minimum absolute atomic E-state index is 0.0281. The molecule has 2 aliphatic heterocycles. The van der Waals surface area contributed by atoms with E-state index in [1.54, 1.807) is 6.07 Å². The summed E-state index contributed by atoms with van der Waals surface area (Å²) in [6, 6.07) is 4.40. The van der Waals surface area contributed by atoms with Gasteiger partial charge < -0.3 is 14.4 Å². The van der Waals surface area contributed by atoms with Crippen LogP contribution in [0.25, 0.3) is 0 Å². The molecule has 6 nitrogen and oxygen atoms in total. The zero-order chi connectivity index (χ0) is 16.8. The third-order valence-electron chi connectivity index (χ3n) is 3.60. The molecule has 10 heteroatoms. The lowest BCUT2D eigenvalue weighted by molar-refractivity contribution is -0.287. The van der Waals surface area contributed by atoms with E-state index in [9.17, 15) is 22.0 Å². The third kappa shape index (κ3) is 3.66. The molecular weight excluding hydrogens is 356 g/mol. The van der Waals surface area contributed by atoms with Crippen LogP contribution in [0.4, 0.5) is 8.78 Å². The van der Waals surface area contributed by atoms with Gasteiger partial charge in [0.15, 0.2) is 11.5 Å². The molecular formula is C13H12ClF2NO5S. The van der Waals surface area contributed by atoms with Gasteiger partial charge in [-0.05, 0) is 6.07 Å². The molecule has 1 fully saturated rings. The first-order valence-corrected chi connectivity index (χ1v) is 9.19. The number of nitrogens with zero attached hydrogens (tertiary/aromatic N) is 1. The van der Waals surface area contributed by atoms with Crippen molar-refractivity contribution in [3.05, 3.63) is 23.8 Å². The third-order valence-corrected chi connectivity index (χ3v) is 4.85. The number of likely N-dealkylation sites (tertiary alicyclic amines) is 1. The molecule has 0 radical (unpaired) electrons. The van der Waals surface area contributed by atoms with Gasteiger partial charge in [0.1, 0.15) is 0 Å². The fraction of sp³-hybridized carbons (Fsp3) is 0.462. The molecule has 126 valence electrons. The summed E-state index contributed by atoms with van der Waals surface area (Å²) in [7, 11) is 1.50. The van der Waals surface area contributed by atoms with Crippen molar-refractivity contribution in [2.24, 2.45) is 5.92 Å². The fourth-order valence-electron chi connectivity index (χ4n) is 2.76. The van der Waals surface area contributed by atoms with E-state index in [1.165, 1.54) is 17.0 Å². The smallest absolute Gasteiger partial charge is 0.395 e. The molecule has 0 N–H and O–H groups in total. The molecule has 1 amide bonds. The number of carbonyl (C=O) groups is 1. The van der Waals surface area contributed by atoms with E-state index in [-0.39, 0.29) is 42.7 Å². The maximum Gasteiger partial charge on any atom is 0.586 e. The average Bonchev–Trinajstić information content (AvgIpc) is 2.87. The minimum atomic E-state index is -3.73. The first-order valence-electron chi connectivity index (χ1n) is 6.71. The van der Waals surface area contributed by atoms with E-state index in [1.807, 2.05) is 0 Å². The van der Waals surface area contributed by atoms with Gasteiger partial charge in [0.2, 0.25) is 15.0 Å². The highest BCUT2D eigenvalue weighted by molar-refractivity contribution is 8.13. The number of amides is 1. The van der Waals surface area contributed by atoms with E-state index in [0.29, 0.717) is 5.56 Å². The van der Waals surface area contributed by atoms with Crippen LogP contribution in [0.1, 0.15) is 12.0 Å². The molecule has 2 aliphatic rings. The quantitative estimate of drug-likeness (QED) is 0.760. The van der Waals surface area contributed by atoms with Gasteiger partial charge in [-0.25, -0.2) is 8.42 Å². The number of fused-ring (bicyclic) bond motifs is 1. The Hall–Kier alpha value is -1.61. The Morgan fingerprint density at radius 2 is 2.09 bits per heavy atom. The summed E-state index contributed by atoms with van der Waals surface area (Å²) in [5.41, 5.74) is 0.363. The SMILES string of the molecule is O=C1CC(CS(=O)(=O)Cl)CN1Cc1cccc2c1OC(F)(F)O2. The largest absolute Gasteiger partial charge is 0.586 e. The summed E-state index contributed by atoms with van der Waals surface area (Å²) in [4.78, 5) is 13.4. The molecule has 23 heavy (non-hydrogen) atoms. The Morgan fingerprint density at radius 1 is 1.35 bits per heavy atom. The zero-order valence-corrected chi connectivity index (χ0v) is 13.2. The van der Waals surface area contributed by atoms with Crippen molar-refractivity contribution in [3.63, 3.8) is 0 Å². The van der Waals surface area contributed by atoms with Crippen molar-refractivity contribution in [1.82, 2.24) is 4.90 Å². The molecule has 1 aromatic rings. The second kappa shape index (κ2) is 5.48. The fourth-order valence-corrected chi connectivity index (χ4v) is 4.08. The zero-order valence-electron chi connectivity index (χ0n) is 11.7. The molecule has 0 spiro atoms. The second-order valence-electron chi connectivity index (χ2n) is 5.46. The summed E-state index contributed by atoms with van der Waals surface area (Å²) >= 11 is 0. The Balaban J connectivity index is 1.74. The monoisotopic (exact) mass is 367 g/mol. The number of hydrogen-bond acceptors (Lipinski definition) is 5. The van der Waals surface area contributed by atoms with Crippen LogP contribution in [0.5, 0.6) is 11.5 Å². The minimum Gasteiger partial charge on any atom is -0.395 e. The average molecular weight is 368 g/mol. The van der Waals surface area contributed by atoms with Crippen LogP contribution >= 0.6 is 10.7 Å². The van der Waals surface area contributed by atoms with E-state index >= 15 is 0 Å². The standard InChI is InChI=1S/C13H12ClF2NO5S/c14-23(19,20)7-8-4-11(18)17(5-8)6-9-2-1-3-10-12(9)22-13(15,16)21-10/h1-3,8H,4-7H2. The lowest BCUT2D eigenvalue weighted by Gasteiger charge is -2.17. The molecule has 1 atom stereocenters. The van der Waals surface area contributed by atoms with Crippen LogP contribution in [-0.2, 0) is 20.4 Å². The van der Waals surface area contributed by atoms with Crippen molar-refractivity contribution >= 4 is 25.6 Å². The molecule has 1 unspecified atom stereocenters. The predicted molar refractivity (Wildman–Crippen MR) is 75.8 cm³/mol. The number of ether oxygens (including phenoxy) is 2. The Kier molecular flexibility index (Phi) is 3.88. The van der Waals surface area contributed by atoms with Gasteiger partial charge in [0, 0.05) is 41.7 Å². The molecule has 1 aromatic carbocycles. The van der Waals surface area contributed by atoms with Crippen molar-refractivity contribution in [1.29, 1.82) is 0 Å². The van der Waals surface area contributed by atoms with Crippen molar-refractivity contribution in [2.75, 3.05) is 12.3 Å². The first kappa shape index (κ1) is 16.3. The Morgan fingerprint density at radius 3 is 2.78 bits per heavy atom. The van der Waals surface area contributed by atoms with E-state index in [4.69, 9.17) is 10.7 Å². The summed E-state index contributed by atoms with van der Waals surface area (Å²) in [6.45, 7) is 0.214. The molecule has 1 saturated heterocycles. The summed E-state index contributed by atoms with van der Waals surface area (Å²) in [5.74, 6) is -1.20. The van der Waals surface area contributed by atoms with Crippen LogP contribution in [0.2, 0.25) is 0 Å². The van der Waals surface area contributed by atoms with Crippen LogP contribution in [0, 0.1) is 5.92 Å². The van der Waals surface area contributed by atoms with Gasteiger partial charge in [-0.15, -0.1) is 8.78 Å². The number of carbonyl (C=O) groups excluding carboxylic acids is 1. The van der Waals surface area contributed by atoms with E-state index < -0.39 is 21.3 Å². The number of hydrogen-bond donors (Lipinski definition) is 0. The number of halogens is 3. The Bertz CT molecular complexity index is 755. The van der Waals surface area contributed by atoms with Gasteiger partial charge in [0.05, 0.1) is 5.75 Å². The van der Waals surface area contributed by atoms with Gasteiger partial charge in [-0.3, -0.25) is 4.79 Å². The summed E-state index contributed by atoms with van der Waals surface area (Å²) in [6.07, 6.45) is -3.68. The summed E-state index contributed by atoms with van der Waals surface area (Å²) < 4.78 is 57.3. The van der Waals surface area contributed by atoms with Crippen molar-refractivity contribution in [2.45, 2.75) is 19.3 Å². The van der Waals surface area contributed by atoms with Crippen LogP contribution < -0.4 is 9.47 Å². The van der Waals surface area contributed by atoms with E-state index in [2.05, 4.69) is 9.47 Å². The number of para-hydroxylation sites is 1. The lowest BCUT2D eigenvalue weighted by Crippen LogP contribution is -2.27. The number of alkyl halides is 2. The molecule has 3 rings (SSSR count). The maximum atomic E-state index is 13.1. The van der Waals surface area contributed by atoms with Gasteiger partial charge >= 0.3 is 6.29 Å². The number of benzene rings is 1. The molecule has 2 heterocycles. The molecule has 0 saturated carbocycles. The highest BCUT2D eigenvalue weighted by Gasteiger charge is 2.45. The normalized spacial score (nSPS) is 22.7. The van der Waals surface area contributed by atoms with Crippen LogP contribution in [0.15, 0.2) is 18.2 Å². The van der Waals surface area contributed by atoms with E-state index in [0.717, 1.165) is 0 Å². The van der Waals surface area contributed by atoms with Crippen molar-refractivity contribution < 1.29 is 31.5 Å². The van der Waals surface area contributed by atoms with Crippen LogP contribution in [0.3, 0.4) is 0 Å². The number of rotatable bonds is 4. The second-order valence-corrected chi connectivity index (χ2v) is 8.28. The molecule has 0 aliphatic carbocycles. The van der Waals surface area contributed by atoms with Crippen molar-refractivity contribution in [3.8, 4) is 11.5 Å². The lowest BCUT2D eigenvalue weighted by atomic mass is 10.1. The Labute approximate surface area is 135 Å². The highest BCUT2D eigenvalue weighted by Crippen LogP contribution is 2.43. The highest BCUT2D eigenvalue weighted by atomic mass is 35.7. The summed E-state index contributed by atoms with van der Waals surface area (Å²) in [5, 5.41) is 0.